The van der Waals surface area contributed by atoms with Crippen molar-refractivity contribution in [1.29, 1.82) is 0 Å². The first-order valence-electron chi connectivity index (χ1n) is 12.3. The molecule has 4 aliphatic rings. The Kier molecular flexibility index (Phi) is 7.33. The minimum absolute atomic E-state index is 0.124. The molecule has 4 fully saturated rings. The van der Waals surface area contributed by atoms with E-state index in [1.54, 1.807) is 11.0 Å². The highest BCUT2D eigenvalue weighted by Gasteiger charge is 2.75. The molecular weight excluding hydrogens is 442 g/mol. The standard InChI is InChI=1S/C24H37N3O7/c1-4-7-26(9-8-25-10-12-33-13-11-25)22(30)20-24-6-5-17(34-24)18(23(31)32)19(24)21(29)27(20)16(14-28)15(2)3/h4,15-20,28H,1,5-14H2,2-3H3,(H,31,32)/t16-,17+,18-,19-,20+,24-/m0/s1. The van der Waals surface area contributed by atoms with E-state index in [-0.39, 0.29) is 18.4 Å². The summed E-state index contributed by atoms with van der Waals surface area (Å²) in [6.45, 7) is 11.6. The third-order valence-electron chi connectivity index (χ3n) is 8.02. The Hall–Kier alpha value is -2.01. The Morgan fingerprint density at radius 2 is 2.03 bits per heavy atom. The molecular formula is C24H37N3O7. The first-order valence-corrected chi connectivity index (χ1v) is 12.3. The summed E-state index contributed by atoms with van der Waals surface area (Å²) in [7, 11) is 0. The number of nitrogens with zero attached hydrogens (tertiary/aromatic N) is 3. The van der Waals surface area contributed by atoms with Crippen LogP contribution in [0.1, 0.15) is 26.7 Å². The van der Waals surface area contributed by atoms with E-state index >= 15 is 0 Å². The van der Waals surface area contributed by atoms with Crippen molar-refractivity contribution in [2.45, 2.75) is 50.5 Å². The van der Waals surface area contributed by atoms with Gasteiger partial charge in [-0.25, -0.2) is 0 Å². The number of rotatable bonds is 10. The molecule has 10 heteroatoms. The average molecular weight is 480 g/mol. The molecule has 2 N–H and O–H groups in total. The van der Waals surface area contributed by atoms with Crippen LogP contribution < -0.4 is 0 Å². The van der Waals surface area contributed by atoms with Crippen molar-refractivity contribution in [1.82, 2.24) is 14.7 Å². The lowest BCUT2D eigenvalue weighted by atomic mass is 9.70. The summed E-state index contributed by atoms with van der Waals surface area (Å²) < 4.78 is 11.7. The van der Waals surface area contributed by atoms with Crippen LogP contribution in [0.15, 0.2) is 12.7 Å². The molecule has 10 nitrogen and oxygen atoms in total. The van der Waals surface area contributed by atoms with Gasteiger partial charge in [0.1, 0.15) is 11.6 Å². The summed E-state index contributed by atoms with van der Waals surface area (Å²) in [6, 6.07) is -1.58. The Morgan fingerprint density at radius 3 is 2.62 bits per heavy atom. The quantitative estimate of drug-likeness (QED) is 0.414. The summed E-state index contributed by atoms with van der Waals surface area (Å²) >= 11 is 0. The number of carboxylic acids is 1. The lowest BCUT2D eigenvalue weighted by Gasteiger charge is -2.40. The van der Waals surface area contributed by atoms with Gasteiger partial charge in [0.05, 0.1) is 43.8 Å². The van der Waals surface area contributed by atoms with E-state index in [1.165, 1.54) is 4.90 Å². The second-order valence-corrected chi connectivity index (χ2v) is 10.2. The van der Waals surface area contributed by atoms with Gasteiger partial charge in [0.15, 0.2) is 0 Å². The van der Waals surface area contributed by atoms with Gasteiger partial charge in [-0.05, 0) is 18.8 Å². The average Bonchev–Trinajstić information content (AvgIpc) is 3.45. The van der Waals surface area contributed by atoms with Gasteiger partial charge in [0.25, 0.3) is 0 Å². The number of carbonyl (C=O) groups excluding carboxylic acids is 2. The Balaban J connectivity index is 1.67. The van der Waals surface area contributed by atoms with Crippen molar-refractivity contribution in [3.63, 3.8) is 0 Å². The molecule has 6 atom stereocenters. The molecule has 4 rings (SSSR count). The number of hydrogen-bond acceptors (Lipinski definition) is 7. The zero-order valence-electron chi connectivity index (χ0n) is 20.1. The first-order chi connectivity index (χ1) is 16.3. The molecule has 1 spiro atoms. The van der Waals surface area contributed by atoms with Crippen LogP contribution in [-0.4, -0.2) is 119 Å². The Labute approximate surface area is 200 Å². The zero-order valence-corrected chi connectivity index (χ0v) is 20.1. The lowest BCUT2D eigenvalue weighted by molar-refractivity contribution is -0.154. The molecule has 0 radical (unpaired) electrons. The second kappa shape index (κ2) is 9.93. The smallest absolute Gasteiger partial charge is 0.310 e. The molecule has 4 saturated heterocycles. The van der Waals surface area contributed by atoms with Crippen LogP contribution in [0.25, 0.3) is 0 Å². The van der Waals surface area contributed by atoms with Gasteiger partial charge in [-0.3, -0.25) is 19.3 Å². The third-order valence-corrected chi connectivity index (χ3v) is 8.02. The van der Waals surface area contributed by atoms with Gasteiger partial charge < -0.3 is 29.5 Å². The predicted octanol–water partition coefficient (Wildman–Crippen LogP) is -0.191. The zero-order chi connectivity index (χ0) is 24.6. The van der Waals surface area contributed by atoms with E-state index in [4.69, 9.17) is 9.47 Å². The number of morpholine rings is 1. The lowest BCUT2D eigenvalue weighted by Crippen LogP contribution is -2.60. The number of amides is 2. The van der Waals surface area contributed by atoms with Crippen LogP contribution in [0.4, 0.5) is 0 Å². The number of hydrogen-bond donors (Lipinski definition) is 2. The number of aliphatic hydroxyl groups excluding tert-OH is 1. The third kappa shape index (κ3) is 4.04. The number of carboxylic acid groups (broad SMARTS) is 1. The topological polar surface area (TPSA) is 120 Å². The summed E-state index contributed by atoms with van der Waals surface area (Å²) in [5.74, 6) is -3.76. The Morgan fingerprint density at radius 1 is 1.32 bits per heavy atom. The number of aliphatic hydroxyl groups is 1. The molecule has 0 aromatic heterocycles. The molecule has 0 aromatic carbocycles. The number of likely N-dealkylation sites (tertiary alicyclic amines) is 1. The second-order valence-electron chi connectivity index (χ2n) is 10.2. The van der Waals surface area contributed by atoms with Gasteiger partial charge in [-0.2, -0.15) is 0 Å². The molecule has 4 aliphatic heterocycles. The summed E-state index contributed by atoms with van der Waals surface area (Å²) in [6.07, 6.45) is 2.04. The molecule has 2 bridgehead atoms. The minimum Gasteiger partial charge on any atom is -0.481 e. The van der Waals surface area contributed by atoms with Crippen LogP contribution in [0.5, 0.6) is 0 Å². The van der Waals surface area contributed by atoms with Crippen molar-refractivity contribution >= 4 is 17.8 Å². The van der Waals surface area contributed by atoms with Crippen LogP contribution in [0, 0.1) is 17.8 Å². The largest absolute Gasteiger partial charge is 0.481 e. The van der Waals surface area contributed by atoms with E-state index in [0.717, 1.165) is 13.1 Å². The maximum atomic E-state index is 14.1. The molecule has 34 heavy (non-hydrogen) atoms. The highest BCUT2D eigenvalue weighted by molar-refractivity contribution is 5.98. The highest BCUT2D eigenvalue weighted by atomic mass is 16.5. The molecule has 0 saturated carbocycles. The molecule has 2 amide bonds. The summed E-state index contributed by atoms with van der Waals surface area (Å²) in [4.78, 5) is 45.4. The molecule has 0 aliphatic carbocycles. The van der Waals surface area contributed by atoms with Gasteiger partial charge in [0, 0.05) is 32.7 Å². The number of carbonyl (C=O) groups is 3. The van der Waals surface area contributed by atoms with Crippen LogP contribution >= 0.6 is 0 Å². The van der Waals surface area contributed by atoms with E-state index in [9.17, 15) is 24.6 Å². The SMILES string of the molecule is C=CCN(CCN1CCOCC1)C(=O)[C@H]1N([C@@H](CO)C(C)C)C(=O)[C@@H]2[C@@H](C(=O)O)[C@H]3CC[C@]21O3. The fraction of sp³-hybridized carbons (Fsp3) is 0.792. The Bertz CT molecular complexity index is 814. The van der Waals surface area contributed by atoms with E-state index in [2.05, 4.69) is 11.5 Å². The highest BCUT2D eigenvalue weighted by Crippen LogP contribution is 2.59. The summed E-state index contributed by atoms with van der Waals surface area (Å²) in [5, 5.41) is 20.1. The normalized spacial score (nSPS) is 33.9. The van der Waals surface area contributed by atoms with Crippen molar-refractivity contribution in [3.8, 4) is 0 Å². The number of ether oxygens (including phenoxy) is 2. The number of fused-ring (bicyclic) bond motifs is 1. The van der Waals surface area contributed by atoms with Crippen molar-refractivity contribution in [2.75, 3.05) is 52.5 Å². The van der Waals surface area contributed by atoms with Crippen LogP contribution in [-0.2, 0) is 23.9 Å². The monoisotopic (exact) mass is 479 g/mol. The van der Waals surface area contributed by atoms with Crippen molar-refractivity contribution in [2.24, 2.45) is 17.8 Å². The van der Waals surface area contributed by atoms with Crippen molar-refractivity contribution in [3.05, 3.63) is 12.7 Å². The first kappa shape index (κ1) is 25.1. The molecule has 0 aromatic rings. The van der Waals surface area contributed by atoms with Crippen molar-refractivity contribution < 1.29 is 34.1 Å². The van der Waals surface area contributed by atoms with Gasteiger partial charge in [-0.15, -0.1) is 6.58 Å². The van der Waals surface area contributed by atoms with Gasteiger partial charge >= 0.3 is 5.97 Å². The minimum atomic E-state index is -1.18. The van der Waals surface area contributed by atoms with E-state index in [0.29, 0.717) is 45.7 Å². The van der Waals surface area contributed by atoms with Gasteiger partial charge in [0.2, 0.25) is 11.8 Å². The maximum Gasteiger partial charge on any atom is 0.310 e. The van der Waals surface area contributed by atoms with E-state index in [1.807, 2.05) is 13.8 Å². The predicted molar refractivity (Wildman–Crippen MR) is 122 cm³/mol. The fourth-order valence-corrected chi connectivity index (χ4v) is 6.34. The van der Waals surface area contributed by atoms with Crippen LogP contribution in [0.2, 0.25) is 0 Å². The van der Waals surface area contributed by atoms with Gasteiger partial charge in [-0.1, -0.05) is 19.9 Å². The molecule has 4 heterocycles. The summed E-state index contributed by atoms with van der Waals surface area (Å²) in [5.41, 5.74) is -1.18. The maximum absolute atomic E-state index is 14.1. The fourth-order valence-electron chi connectivity index (χ4n) is 6.34. The molecule has 190 valence electrons. The molecule has 0 unspecified atom stereocenters. The van der Waals surface area contributed by atoms with Crippen LogP contribution in [0.3, 0.4) is 0 Å². The van der Waals surface area contributed by atoms with E-state index < -0.39 is 47.5 Å². The number of aliphatic carboxylic acids is 1.